The van der Waals surface area contributed by atoms with Crippen LogP contribution in [0.4, 0.5) is 0 Å². The number of phenolic OH excluding ortho intramolecular Hbond substituents is 1. The lowest BCUT2D eigenvalue weighted by atomic mass is 9.74. The Morgan fingerprint density at radius 2 is 2.04 bits per heavy atom. The fourth-order valence-corrected chi connectivity index (χ4v) is 3.81. The maximum Gasteiger partial charge on any atom is 0.317 e. The number of benzene rings is 1. The molecule has 124 valence electrons. The van der Waals surface area contributed by atoms with Crippen LogP contribution in [0.2, 0.25) is 0 Å². The molecule has 1 aliphatic carbocycles. The van der Waals surface area contributed by atoms with Crippen molar-refractivity contribution in [3.8, 4) is 5.75 Å². The SMILES string of the molecule is CCOC(=O)C1C(=O)C=C(c2cccs2)CC1c1ccc(O)cc1. The summed E-state index contributed by atoms with van der Waals surface area (Å²) >= 11 is 1.57. The van der Waals surface area contributed by atoms with Crippen molar-refractivity contribution in [1.82, 2.24) is 0 Å². The van der Waals surface area contributed by atoms with Gasteiger partial charge < -0.3 is 9.84 Å². The normalized spacial score (nSPS) is 20.5. The van der Waals surface area contributed by atoms with Crippen LogP contribution < -0.4 is 0 Å². The number of esters is 1. The summed E-state index contributed by atoms with van der Waals surface area (Å²) < 4.78 is 5.12. The summed E-state index contributed by atoms with van der Waals surface area (Å²) in [5.41, 5.74) is 1.79. The maximum absolute atomic E-state index is 12.6. The van der Waals surface area contributed by atoms with Gasteiger partial charge in [-0.2, -0.15) is 0 Å². The quantitative estimate of drug-likeness (QED) is 0.678. The van der Waals surface area contributed by atoms with Crippen molar-refractivity contribution >= 4 is 28.7 Å². The average Bonchev–Trinajstić information content (AvgIpc) is 3.09. The zero-order valence-electron chi connectivity index (χ0n) is 13.3. The molecule has 0 radical (unpaired) electrons. The predicted molar refractivity (Wildman–Crippen MR) is 92.9 cm³/mol. The molecule has 2 atom stereocenters. The van der Waals surface area contributed by atoms with Crippen molar-refractivity contribution in [2.45, 2.75) is 19.3 Å². The van der Waals surface area contributed by atoms with E-state index in [-0.39, 0.29) is 24.1 Å². The Labute approximate surface area is 144 Å². The molecule has 0 saturated carbocycles. The highest BCUT2D eigenvalue weighted by Gasteiger charge is 2.39. The van der Waals surface area contributed by atoms with Crippen molar-refractivity contribution in [2.75, 3.05) is 6.61 Å². The minimum Gasteiger partial charge on any atom is -0.508 e. The van der Waals surface area contributed by atoms with E-state index < -0.39 is 11.9 Å². The number of carbonyl (C=O) groups excluding carboxylic acids is 2. The third kappa shape index (κ3) is 3.26. The molecule has 2 unspecified atom stereocenters. The first kappa shape index (κ1) is 16.5. The molecule has 1 aromatic carbocycles. The summed E-state index contributed by atoms with van der Waals surface area (Å²) in [7, 11) is 0. The van der Waals surface area contributed by atoms with Gasteiger partial charge in [-0.15, -0.1) is 11.3 Å². The van der Waals surface area contributed by atoms with Crippen LogP contribution in [-0.4, -0.2) is 23.5 Å². The fraction of sp³-hybridized carbons (Fsp3) is 0.263. The Balaban J connectivity index is 2.00. The van der Waals surface area contributed by atoms with Crippen LogP contribution in [-0.2, 0) is 14.3 Å². The number of ketones is 1. The summed E-state index contributed by atoms with van der Waals surface area (Å²) in [5.74, 6) is -1.68. The summed E-state index contributed by atoms with van der Waals surface area (Å²) in [5, 5.41) is 11.5. The van der Waals surface area contributed by atoms with Gasteiger partial charge in [0.1, 0.15) is 11.7 Å². The van der Waals surface area contributed by atoms with Crippen LogP contribution in [0.25, 0.3) is 5.57 Å². The number of hydrogen-bond donors (Lipinski definition) is 1. The smallest absolute Gasteiger partial charge is 0.317 e. The fourth-order valence-electron chi connectivity index (χ4n) is 3.05. The van der Waals surface area contributed by atoms with E-state index in [2.05, 4.69) is 0 Å². The second-order valence-corrected chi connectivity index (χ2v) is 6.63. The topological polar surface area (TPSA) is 63.6 Å². The van der Waals surface area contributed by atoms with Crippen molar-refractivity contribution < 1.29 is 19.4 Å². The number of hydrogen-bond acceptors (Lipinski definition) is 5. The first-order chi connectivity index (χ1) is 11.6. The van der Waals surface area contributed by atoms with Crippen LogP contribution in [0, 0.1) is 5.92 Å². The number of aromatic hydroxyl groups is 1. The molecule has 0 aliphatic heterocycles. The minimum absolute atomic E-state index is 0.155. The van der Waals surface area contributed by atoms with E-state index in [1.165, 1.54) is 0 Å². The molecule has 1 aliphatic rings. The van der Waals surface area contributed by atoms with Gasteiger partial charge in [-0.3, -0.25) is 9.59 Å². The molecule has 5 heteroatoms. The lowest BCUT2D eigenvalue weighted by Gasteiger charge is -2.29. The third-order valence-electron chi connectivity index (χ3n) is 4.16. The van der Waals surface area contributed by atoms with E-state index >= 15 is 0 Å². The number of rotatable bonds is 4. The highest BCUT2D eigenvalue weighted by Crippen LogP contribution is 2.41. The lowest BCUT2D eigenvalue weighted by Crippen LogP contribution is -2.33. The van der Waals surface area contributed by atoms with Crippen LogP contribution in [0.15, 0.2) is 47.9 Å². The molecule has 4 nitrogen and oxygen atoms in total. The first-order valence-electron chi connectivity index (χ1n) is 7.84. The molecular formula is C19H18O4S. The van der Waals surface area contributed by atoms with Gasteiger partial charge in [0, 0.05) is 10.8 Å². The van der Waals surface area contributed by atoms with Crippen LogP contribution >= 0.6 is 11.3 Å². The molecule has 1 aromatic heterocycles. The number of carbonyl (C=O) groups is 2. The van der Waals surface area contributed by atoms with Crippen LogP contribution in [0.1, 0.15) is 29.7 Å². The van der Waals surface area contributed by atoms with Gasteiger partial charge in [0.2, 0.25) is 0 Å². The van der Waals surface area contributed by atoms with Crippen molar-refractivity contribution in [3.05, 3.63) is 58.3 Å². The highest BCUT2D eigenvalue weighted by atomic mass is 32.1. The van der Waals surface area contributed by atoms with Gasteiger partial charge >= 0.3 is 5.97 Å². The molecule has 0 fully saturated rings. The van der Waals surface area contributed by atoms with E-state index in [1.807, 2.05) is 17.5 Å². The molecule has 0 amide bonds. The predicted octanol–water partition coefficient (Wildman–Crippen LogP) is 3.77. The summed E-state index contributed by atoms with van der Waals surface area (Å²) in [6.07, 6.45) is 2.16. The van der Waals surface area contributed by atoms with Gasteiger partial charge in [0.15, 0.2) is 5.78 Å². The third-order valence-corrected chi connectivity index (χ3v) is 5.11. The van der Waals surface area contributed by atoms with Gasteiger partial charge in [0.05, 0.1) is 6.61 Å². The molecule has 3 rings (SSSR count). The Morgan fingerprint density at radius 1 is 1.29 bits per heavy atom. The van der Waals surface area contributed by atoms with Crippen LogP contribution in [0.5, 0.6) is 5.75 Å². The van der Waals surface area contributed by atoms with Gasteiger partial charge in [-0.1, -0.05) is 18.2 Å². The summed E-state index contributed by atoms with van der Waals surface area (Å²) in [6.45, 7) is 1.97. The van der Waals surface area contributed by atoms with E-state index in [4.69, 9.17) is 4.74 Å². The molecule has 1 heterocycles. The zero-order valence-corrected chi connectivity index (χ0v) is 14.1. The van der Waals surface area contributed by atoms with Gasteiger partial charge in [-0.25, -0.2) is 0 Å². The highest BCUT2D eigenvalue weighted by molar-refractivity contribution is 7.11. The minimum atomic E-state index is -0.835. The molecule has 24 heavy (non-hydrogen) atoms. The second-order valence-electron chi connectivity index (χ2n) is 5.68. The molecule has 0 saturated heterocycles. The van der Waals surface area contributed by atoms with Crippen molar-refractivity contribution in [2.24, 2.45) is 5.92 Å². The van der Waals surface area contributed by atoms with Crippen LogP contribution in [0.3, 0.4) is 0 Å². The maximum atomic E-state index is 12.6. The second kappa shape index (κ2) is 7.01. The average molecular weight is 342 g/mol. The zero-order chi connectivity index (χ0) is 17.1. The van der Waals surface area contributed by atoms with Crippen molar-refractivity contribution in [1.29, 1.82) is 0 Å². The Morgan fingerprint density at radius 3 is 2.67 bits per heavy atom. The Bertz CT molecular complexity index is 759. The summed E-state index contributed by atoms with van der Waals surface area (Å²) in [6, 6.07) is 10.6. The molecule has 1 N–H and O–H groups in total. The number of allylic oxidation sites excluding steroid dienone is 2. The lowest BCUT2D eigenvalue weighted by molar-refractivity contribution is -0.151. The number of thiophene rings is 1. The van der Waals surface area contributed by atoms with Gasteiger partial charge in [-0.05, 0) is 54.1 Å². The van der Waals surface area contributed by atoms with Gasteiger partial charge in [0.25, 0.3) is 0 Å². The Kier molecular flexibility index (Phi) is 4.81. The first-order valence-corrected chi connectivity index (χ1v) is 8.72. The molecule has 0 bridgehead atoms. The number of ether oxygens (including phenoxy) is 1. The van der Waals surface area contributed by atoms with Crippen molar-refractivity contribution in [3.63, 3.8) is 0 Å². The number of phenols is 1. The van der Waals surface area contributed by atoms with E-state index in [0.717, 1.165) is 16.0 Å². The standard InChI is InChI=1S/C19H18O4S/c1-2-23-19(22)18-15(12-5-7-14(20)8-6-12)10-13(11-16(18)21)17-4-3-9-24-17/h3-9,11,15,18,20H,2,10H2,1H3. The largest absolute Gasteiger partial charge is 0.508 e. The van der Waals surface area contributed by atoms with E-state index in [1.54, 1.807) is 48.6 Å². The Hall–Kier alpha value is -2.40. The van der Waals surface area contributed by atoms with E-state index in [0.29, 0.717) is 6.42 Å². The molecule has 2 aromatic rings. The summed E-state index contributed by atoms with van der Waals surface area (Å²) in [4.78, 5) is 26.0. The molecular weight excluding hydrogens is 324 g/mol. The molecule has 0 spiro atoms. The monoisotopic (exact) mass is 342 g/mol. The van der Waals surface area contributed by atoms with E-state index in [9.17, 15) is 14.7 Å².